The molecule has 4 aliphatic rings. The number of aliphatic hydroxyl groups excluding tert-OH is 1. The molecule has 198 valence electrons. The maximum Gasteiger partial charge on any atom is 0.311 e. The van der Waals surface area contributed by atoms with Crippen LogP contribution in [0.4, 0.5) is 5.69 Å². The maximum absolute atomic E-state index is 14.5. The van der Waals surface area contributed by atoms with E-state index in [-0.39, 0.29) is 29.6 Å². The van der Waals surface area contributed by atoms with Gasteiger partial charge in [-0.3, -0.25) is 14.4 Å². The third-order valence-corrected chi connectivity index (χ3v) is 9.97. The molecule has 0 radical (unpaired) electrons. The Labute approximate surface area is 226 Å². The Morgan fingerprint density at radius 3 is 2.68 bits per heavy atom. The van der Waals surface area contributed by atoms with Crippen LogP contribution in [-0.4, -0.2) is 70.1 Å². The zero-order valence-corrected chi connectivity index (χ0v) is 22.0. The van der Waals surface area contributed by atoms with Gasteiger partial charge in [0.25, 0.3) is 5.91 Å². The molecule has 4 aliphatic heterocycles. The molecule has 1 N–H and O–H groups in total. The summed E-state index contributed by atoms with van der Waals surface area (Å²) >= 11 is 1.57. The van der Waals surface area contributed by atoms with Crippen molar-refractivity contribution in [1.29, 1.82) is 0 Å². The third-order valence-electron chi connectivity index (χ3n) is 8.22. The van der Waals surface area contributed by atoms with Crippen molar-refractivity contribution in [2.45, 2.75) is 41.7 Å². The molecule has 5 atom stereocenters. The van der Waals surface area contributed by atoms with Gasteiger partial charge >= 0.3 is 5.97 Å². The first-order valence-electron chi connectivity index (χ1n) is 13.5. The zero-order valence-electron chi connectivity index (χ0n) is 21.2. The second kappa shape index (κ2) is 10.2. The number of esters is 1. The van der Waals surface area contributed by atoms with Gasteiger partial charge in [0.2, 0.25) is 5.91 Å². The van der Waals surface area contributed by atoms with E-state index in [9.17, 15) is 19.5 Å². The highest BCUT2D eigenvalue weighted by molar-refractivity contribution is 8.02. The van der Waals surface area contributed by atoms with Crippen molar-refractivity contribution in [1.82, 2.24) is 4.90 Å². The van der Waals surface area contributed by atoms with Crippen LogP contribution in [0.2, 0.25) is 0 Å². The SMILES string of the molecule is O=C1OCCC=C[C@H]2S[C@]34C=CCN(c5ccc6ccccc6c5)C(=O)C3N(CCCCCO)C(=O)[C@@H]4[C@@H]12. The van der Waals surface area contributed by atoms with Gasteiger partial charge in [0.05, 0.1) is 23.2 Å². The number of nitrogens with zero attached hydrogens (tertiary/aromatic N) is 2. The molecule has 0 aromatic heterocycles. The molecule has 4 heterocycles. The quantitative estimate of drug-likeness (QED) is 0.347. The van der Waals surface area contributed by atoms with E-state index >= 15 is 0 Å². The zero-order chi connectivity index (χ0) is 26.3. The summed E-state index contributed by atoms with van der Waals surface area (Å²) in [4.78, 5) is 45.3. The van der Waals surface area contributed by atoms with Crippen LogP contribution in [0.1, 0.15) is 25.7 Å². The predicted octanol–water partition coefficient (Wildman–Crippen LogP) is 3.71. The van der Waals surface area contributed by atoms with Gasteiger partial charge in [0.1, 0.15) is 6.04 Å². The second-order valence-electron chi connectivity index (χ2n) is 10.4. The molecular formula is C30H32N2O5S. The molecular weight excluding hydrogens is 500 g/mol. The van der Waals surface area contributed by atoms with Gasteiger partial charge in [0.15, 0.2) is 0 Å². The highest BCUT2D eigenvalue weighted by Crippen LogP contribution is 2.61. The summed E-state index contributed by atoms with van der Waals surface area (Å²) in [6.07, 6.45) is 10.8. The van der Waals surface area contributed by atoms with Crippen molar-refractivity contribution >= 4 is 46.0 Å². The van der Waals surface area contributed by atoms with Crippen LogP contribution in [0.3, 0.4) is 0 Å². The monoisotopic (exact) mass is 532 g/mol. The fourth-order valence-electron chi connectivity index (χ4n) is 6.49. The van der Waals surface area contributed by atoms with Crippen molar-refractivity contribution in [3.05, 3.63) is 66.8 Å². The highest BCUT2D eigenvalue weighted by atomic mass is 32.2. The first-order valence-corrected chi connectivity index (χ1v) is 14.3. The van der Waals surface area contributed by atoms with Crippen LogP contribution in [0.25, 0.3) is 10.8 Å². The second-order valence-corrected chi connectivity index (χ2v) is 11.9. The van der Waals surface area contributed by atoms with Crippen molar-refractivity contribution in [3.8, 4) is 0 Å². The lowest BCUT2D eigenvalue weighted by molar-refractivity contribution is -0.153. The number of unbranched alkanes of at least 4 members (excludes halogenated alkanes) is 2. The van der Waals surface area contributed by atoms with Gasteiger partial charge < -0.3 is 19.6 Å². The van der Waals surface area contributed by atoms with Crippen molar-refractivity contribution in [3.63, 3.8) is 0 Å². The normalized spacial score (nSPS) is 30.5. The van der Waals surface area contributed by atoms with Crippen LogP contribution in [-0.2, 0) is 19.1 Å². The van der Waals surface area contributed by atoms with Gasteiger partial charge in [-0.15, -0.1) is 11.8 Å². The van der Waals surface area contributed by atoms with Crippen molar-refractivity contribution in [2.75, 3.05) is 31.2 Å². The summed E-state index contributed by atoms with van der Waals surface area (Å²) in [5.74, 6) is -1.91. The lowest BCUT2D eigenvalue weighted by Gasteiger charge is -2.35. The van der Waals surface area contributed by atoms with E-state index in [1.807, 2.05) is 66.8 Å². The minimum absolute atomic E-state index is 0.0964. The molecule has 1 unspecified atom stereocenters. The first-order chi connectivity index (χ1) is 18.5. The van der Waals surface area contributed by atoms with Crippen molar-refractivity contribution in [2.24, 2.45) is 11.8 Å². The first kappa shape index (κ1) is 25.2. The van der Waals surface area contributed by atoms with Gasteiger partial charge in [-0.25, -0.2) is 0 Å². The lowest BCUT2D eigenvalue weighted by atomic mass is 9.78. The van der Waals surface area contributed by atoms with E-state index < -0.39 is 22.6 Å². The number of likely N-dealkylation sites (tertiary alicyclic amines) is 1. The van der Waals surface area contributed by atoms with Gasteiger partial charge in [-0.2, -0.15) is 0 Å². The number of ether oxygens (including phenoxy) is 1. The van der Waals surface area contributed by atoms with E-state index in [0.29, 0.717) is 39.0 Å². The van der Waals surface area contributed by atoms with Crippen LogP contribution in [0.15, 0.2) is 66.8 Å². The average Bonchev–Trinajstić information content (AvgIpc) is 3.29. The Hall–Kier alpha value is -3.10. The molecule has 2 aromatic carbocycles. The van der Waals surface area contributed by atoms with E-state index in [0.717, 1.165) is 22.9 Å². The van der Waals surface area contributed by atoms with Crippen molar-refractivity contribution < 1.29 is 24.2 Å². The molecule has 0 bridgehead atoms. The van der Waals surface area contributed by atoms with Gasteiger partial charge in [-0.05, 0) is 48.6 Å². The van der Waals surface area contributed by atoms with Crippen LogP contribution < -0.4 is 4.90 Å². The topological polar surface area (TPSA) is 87.2 Å². The third kappa shape index (κ3) is 4.05. The highest BCUT2D eigenvalue weighted by Gasteiger charge is 2.70. The van der Waals surface area contributed by atoms with E-state index in [1.165, 1.54) is 0 Å². The smallest absolute Gasteiger partial charge is 0.311 e. The number of thioether (sulfide) groups is 1. The predicted molar refractivity (Wildman–Crippen MR) is 148 cm³/mol. The molecule has 6 rings (SSSR count). The fraction of sp³-hybridized carbons (Fsp3) is 0.433. The molecule has 7 nitrogen and oxygen atoms in total. The Morgan fingerprint density at radius 1 is 1.00 bits per heavy atom. The number of carbonyl (C=O) groups excluding carboxylic acids is 3. The molecule has 2 amide bonds. The molecule has 0 saturated carbocycles. The number of aliphatic hydroxyl groups is 1. The number of benzene rings is 2. The number of amides is 2. The summed E-state index contributed by atoms with van der Waals surface area (Å²) in [6, 6.07) is 13.3. The molecule has 2 fully saturated rings. The van der Waals surface area contributed by atoms with Crippen LogP contribution >= 0.6 is 11.8 Å². The Morgan fingerprint density at radius 2 is 1.84 bits per heavy atom. The molecule has 2 aromatic rings. The minimum Gasteiger partial charge on any atom is -0.465 e. The molecule has 0 aliphatic carbocycles. The standard InChI is InChI=1S/C30H32N2O5S/c33-17-6-1-5-15-32-26-28(35)31(22-13-12-20-9-2-3-10-21(20)19-22)16-8-14-30(26)25(27(32)34)24-23(38-30)11-4-7-18-37-29(24)36/h2-4,8-14,19,23-26,33H,1,5-7,15-18H2/t23-,24+,25+,26?,30+/m1/s1. The van der Waals surface area contributed by atoms with Crippen LogP contribution in [0, 0.1) is 11.8 Å². The number of hydrogen-bond acceptors (Lipinski definition) is 6. The van der Waals surface area contributed by atoms with E-state index in [1.54, 1.807) is 21.6 Å². The molecule has 8 heteroatoms. The lowest BCUT2D eigenvalue weighted by Crippen LogP contribution is -2.53. The number of cyclic esters (lactones) is 1. The Kier molecular flexibility index (Phi) is 6.78. The average molecular weight is 533 g/mol. The minimum atomic E-state index is -0.847. The Balaban J connectivity index is 1.41. The fourth-order valence-corrected chi connectivity index (χ4v) is 8.50. The maximum atomic E-state index is 14.5. The van der Waals surface area contributed by atoms with E-state index in [4.69, 9.17) is 4.74 Å². The van der Waals surface area contributed by atoms with Gasteiger partial charge in [0, 0.05) is 30.6 Å². The summed E-state index contributed by atoms with van der Waals surface area (Å²) in [5.41, 5.74) is 0.792. The summed E-state index contributed by atoms with van der Waals surface area (Å²) in [7, 11) is 0. The molecule has 1 spiro atoms. The largest absolute Gasteiger partial charge is 0.465 e. The summed E-state index contributed by atoms with van der Waals surface area (Å²) < 4.78 is 4.70. The van der Waals surface area contributed by atoms with Gasteiger partial charge in [-0.1, -0.05) is 54.6 Å². The summed E-state index contributed by atoms with van der Waals surface area (Å²) in [6.45, 7) is 1.20. The van der Waals surface area contributed by atoms with E-state index in [2.05, 4.69) is 0 Å². The number of carbonyl (C=O) groups is 3. The number of hydrogen-bond donors (Lipinski definition) is 1. The molecule has 2 saturated heterocycles. The molecule has 38 heavy (non-hydrogen) atoms. The van der Waals surface area contributed by atoms with Crippen LogP contribution in [0.5, 0.6) is 0 Å². The Bertz CT molecular complexity index is 1320. The number of fused-ring (bicyclic) bond motifs is 3. The number of anilines is 1. The number of rotatable bonds is 6. The summed E-state index contributed by atoms with van der Waals surface area (Å²) in [5, 5.41) is 11.2.